The molecule has 1 heterocycles. The molecule has 0 unspecified atom stereocenters. The van der Waals surface area contributed by atoms with Gasteiger partial charge in [0.05, 0.1) is 17.6 Å². The van der Waals surface area contributed by atoms with Crippen LogP contribution in [0.15, 0.2) is 17.3 Å². The summed E-state index contributed by atoms with van der Waals surface area (Å²) in [7, 11) is 1.21. The third-order valence-electron chi connectivity index (χ3n) is 1.64. The highest BCUT2D eigenvalue weighted by molar-refractivity contribution is 7.98. The van der Waals surface area contributed by atoms with Crippen molar-refractivity contribution in [1.82, 2.24) is 4.98 Å². The molecule has 0 N–H and O–H groups in total. The number of esters is 1. The second-order valence-electron chi connectivity index (χ2n) is 2.50. The molecule has 0 fully saturated rings. The van der Waals surface area contributed by atoms with Gasteiger partial charge >= 0.3 is 11.7 Å². The summed E-state index contributed by atoms with van der Waals surface area (Å²) in [6.07, 6.45) is 2.93. The lowest BCUT2D eigenvalue weighted by atomic mass is 10.3. The van der Waals surface area contributed by atoms with Crippen molar-refractivity contribution in [3.05, 3.63) is 27.9 Å². The number of nitrogens with zero attached hydrogens (tertiary/aromatic N) is 2. The number of aromatic nitrogens is 1. The van der Waals surface area contributed by atoms with Gasteiger partial charge in [0.25, 0.3) is 0 Å². The second-order valence-corrected chi connectivity index (χ2v) is 3.30. The second kappa shape index (κ2) is 4.74. The van der Waals surface area contributed by atoms with Gasteiger partial charge in [-0.15, -0.1) is 11.8 Å². The van der Waals surface area contributed by atoms with E-state index in [9.17, 15) is 14.9 Å². The number of nitro groups is 1. The molecule has 0 bridgehead atoms. The number of hydrogen-bond donors (Lipinski definition) is 0. The summed E-state index contributed by atoms with van der Waals surface area (Å²) in [6.45, 7) is 0. The number of hydrogen-bond acceptors (Lipinski definition) is 6. The van der Waals surface area contributed by atoms with E-state index >= 15 is 0 Å². The number of ether oxygens (including phenoxy) is 1. The summed E-state index contributed by atoms with van der Waals surface area (Å²) in [5.74, 6) is -0.641. The zero-order valence-corrected chi connectivity index (χ0v) is 8.91. The molecule has 0 aliphatic carbocycles. The first-order chi connectivity index (χ1) is 7.10. The van der Waals surface area contributed by atoms with Crippen LogP contribution in [0.25, 0.3) is 0 Å². The predicted octanol–water partition coefficient (Wildman–Crippen LogP) is 1.50. The molecule has 0 saturated carbocycles. The van der Waals surface area contributed by atoms with E-state index in [0.29, 0.717) is 0 Å². The molecule has 0 atom stereocenters. The van der Waals surface area contributed by atoms with Crippen molar-refractivity contribution >= 4 is 23.4 Å². The molecule has 80 valence electrons. The Morgan fingerprint density at radius 3 is 2.80 bits per heavy atom. The maximum atomic E-state index is 11.1. The average molecular weight is 228 g/mol. The van der Waals surface area contributed by atoms with E-state index < -0.39 is 10.9 Å². The van der Waals surface area contributed by atoms with E-state index in [-0.39, 0.29) is 16.3 Å². The number of methoxy groups -OCH3 is 1. The van der Waals surface area contributed by atoms with Crippen LogP contribution in [-0.2, 0) is 4.74 Å². The zero-order chi connectivity index (χ0) is 11.4. The minimum Gasteiger partial charge on any atom is -0.465 e. The van der Waals surface area contributed by atoms with Gasteiger partial charge in [-0.1, -0.05) is 0 Å². The smallest absolute Gasteiger partial charge is 0.339 e. The minimum absolute atomic E-state index is 0.0713. The fraction of sp³-hybridized carbons (Fsp3) is 0.250. The highest BCUT2D eigenvalue weighted by atomic mass is 32.2. The number of thioether (sulfide) groups is 1. The summed E-state index contributed by atoms with van der Waals surface area (Å²) >= 11 is 1.15. The van der Waals surface area contributed by atoms with E-state index in [0.717, 1.165) is 17.8 Å². The van der Waals surface area contributed by atoms with Gasteiger partial charge in [-0.3, -0.25) is 10.1 Å². The van der Waals surface area contributed by atoms with Crippen molar-refractivity contribution in [3.63, 3.8) is 0 Å². The van der Waals surface area contributed by atoms with Gasteiger partial charge in [-0.2, -0.15) is 0 Å². The van der Waals surface area contributed by atoms with Gasteiger partial charge in [-0.25, -0.2) is 9.78 Å². The Balaban J connectivity index is 3.22. The molecule has 1 aromatic rings. The van der Waals surface area contributed by atoms with Gasteiger partial charge < -0.3 is 4.74 Å². The molecule has 1 aromatic heterocycles. The lowest BCUT2D eigenvalue weighted by molar-refractivity contribution is -0.388. The summed E-state index contributed by atoms with van der Waals surface area (Å²) in [5, 5.41) is 10.9. The quantitative estimate of drug-likeness (QED) is 0.337. The van der Waals surface area contributed by atoms with Gasteiger partial charge in [0, 0.05) is 12.3 Å². The molecule has 0 radical (unpaired) electrons. The lowest BCUT2D eigenvalue weighted by Gasteiger charge is -2.01. The van der Waals surface area contributed by atoms with Crippen molar-refractivity contribution < 1.29 is 14.5 Å². The zero-order valence-electron chi connectivity index (χ0n) is 8.09. The van der Waals surface area contributed by atoms with Crippen molar-refractivity contribution in [2.45, 2.75) is 5.03 Å². The molecule has 0 aliphatic rings. The highest BCUT2D eigenvalue weighted by Crippen LogP contribution is 2.25. The first-order valence-corrected chi connectivity index (χ1v) is 5.09. The third kappa shape index (κ3) is 2.44. The van der Waals surface area contributed by atoms with E-state index in [1.807, 2.05) is 0 Å². The standard InChI is InChI=1S/C8H8N2O4S/c1-14-8(11)5-3-6(10(12)13)7(15-2)9-4-5/h3-4H,1-2H3. The molecular weight excluding hydrogens is 220 g/mol. The topological polar surface area (TPSA) is 82.3 Å². The molecule has 0 spiro atoms. The van der Waals surface area contributed by atoms with Crippen LogP contribution in [0.4, 0.5) is 5.69 Å². The fourth-order valence-electron chi connectivity index (χ4n) is 0.958. The Morgan fingerprint density at radius 1 is 1.67 bits per heavy atom. The molecule has 0 aromatic carbocycles. The summed E-state index contributed by atoms with van der Waals surface area (Å²) in [5.41, 5.74) is -0.118. The van der Waals surface area contributed by atoms with Crippen molar-refractivity contribution in [1.29, 1.82) is 0 Å². The lowest BCUT2D eigenvalue weighted by Crippen LogP contribution is -2.04. The summed E-state index contributed by atoms with van der Waals surface area (Å²) in [6, 6.07) is 1.16. The van der Waals surface area contributed by atoms with Crippen molar-refractivity contribution in [2.24, 2.45) is 0 Å². The van der Waals surface area contributed by atoms with E-state index in [2.05, 4.69) is 9.72 Å². The van der Waals surface area contributed by atoms with Gasteiger partial charge in [0.2, 0.25) is 0 Å². The summed E-state index contributed by atoms with van der Waals surface area (Å²) < 4.78 is 4.44. The number of carbonyl (C=O) groups excluding carboxylic acids is 1. The molecule has 15 heavy (non-hydrogen) atoms. The van der Waals surface area contributed by atoms with Crippen LogP contribution >= 0.6 is 11.8 Å². The SMILES string of the molecule is COC(=O)c1cnc(SC)c([N+](=O)[O-])c1. The van der Waals surface area contributed by atoms with Crippen molar-refractivity contribution in [2.75, 3.05) is 13.4 Å². The van der Waals surface area contributed by atoms with Crippen LogP contribution in [-0.4, -0.2) is 29.2 Å². The Bertz CT molecular complexity index is 408. The number of carbonyl (C=O) groups is 1. The van der Waals surface area contributed by atoms with E-state index in [1.165, 1.54) is 13.3 Å². The maximum absolute atomic E-state index is 11.1. The first kappa shape index (κ1) is 11.4. The highest BCUT2D eigenvalue weighted by Gasteiger charge is 2.18. The molecule has 0 amide bonds. The van der Waals surface area contributed by atoms with Crippen LogP contribution in [0.3, 0.4) is 0 Å². The van der Waals surface area contributed by atoms with Crippen molar-refractivity contribution in [3.8, 4) is 0 Å². The Hall–Kier alpha value is -1.63. The largest absolute Gasteiger partial charge is 0.465 e. The average Bonchev–Trinajstić information content (AvgIpc) is 2.27. The molecule has 7 heteroatoms. The van der Waals surface area contributed by atoms with E-state index in [1.54, 1.807) is 6.26 Å². The first-order valence-electron chi connectivity index (χ1n) is 3.87. The Kier molecular flexibility index (Phi) is 3.62. The van der Waals surface area contributed by atoms with Crippen LogP contribution in [0, 0.1) is 10.1 Å². The Morgan fingerprint density at radius 2 is 2.33 bits per heavy atom. The molecule has 0 saturated heterocycles. The van der Waals surface area contributed by atoms with Gasteiger partial charge in [0.15, 0.2) is 5.03 Å². The third-order valence-corrected chi connectivity index (χ3v) is 2.34. The molecule has 6 nitrogen and oxygen atoms in total. The maximum Gasteiger partial charge on any atom is 0.339 e. The van der Waals surface area contributed by atoms with Crippen LogP contribution in [0.5, 0.6) is 0 Å². The van der Waals surface area contributed by atoms with Crippen LogP contribution < -0.4 is 0 Å². The fourth-order valence-corrected chi connectivity index (χ4v) is 1.46. The number of pyridine rings is 1. The Labute approximate surface area is 89.8 Å². The predicted molar refractivity (Wildman–Crippen MR) is 54.0 cm³/mol. The monoisotopic (exact) mass is 228 g/mol. The van der Waals surface area contributed by atoms with Crippen LogP contribution in [0.2, 0.25) is 0 Å². The number of rotatable bonds is 3. The molecule has 1 rings (SSSR count). The van der Waals surface area contributed by atoms with Crippen LogP contribution in [0.1, 0.15) is 10.4 Å². The summed E-state index contributed by atoms with van der Waals surface area (Å²) in [4.78, 5) is 25.0. The normalized spacial score (nSPS) is 9.73. The van der Waals surface area contributed by atoms with E-state index in [4.69, 9.17) is 0 Å². The van der Waals surface area contributed by atoms with Gasteiger partial charge in [0.1, 0.15) is 0 Å². The minimum atomic E-state index is -0.641. The molecule has 0 aliphatic heterocycles. The van der Waals surface area contributed by atoms with Gasteiger partial charge in [-0.05, 0) is 6.26 Å². The molecular formula is C8H8N2O4S.